The Balaban J connectivity index is 1.90. The van der Waals surface area contributed by atoms with Gasteiger partial charge in [0.25, 0.3) is 5.78 Å². The molecule has 1 aromatic heterocycles. The van der Waals surface area contributed by atoms with Crippen molar-refractivity contribution in [3.63, 3.8) is 0 Å². The van der Waals surface area contributed by atoms with Crippen LogP contribution in [0, 0.1) is 13.8 Å². The summed E-state index contributed by atoms with van der Waals surface area (Å²) in [7, 11) is 1.54. The van der Waals surface area contributed by atoms with Gasteiger partial charge in [0.15, 0.2) is 5.13 Å². The number of ketones is 1. The number of aromatic nitrogens is 1. The number of hydrogen-bond acceptors (Lipinski definition) is 8. The van der Waals surface area contributed by atoms with Crippen molar-refractivity contribution in [3.8, 4) is 5.75 Å². The molecule has 0 bridgehead atoms. The molecule has 0 saturated carbocycles. The lowest BCUT2D eigenvalue weighted by Gasteiger charge is -2.23. The van der Waals surface area contributed by atoms with E-state index in [9.17, 15) is 19.5 Å². The number of carbonyl (C=O) groups is 3. The quantitative estimate of drug-likeness (QED) is 0.138. The van der Waals surface area contributed by atoms with E-state index in [1.165, 1.54) is 18.1 Å². The highest BCUT2D eigenvalue weighted by atomic mass is 32.1. The van der Waals surface area contributed by atoms with E-state index < -0.39 is 23.7 Å². The summed E-state index contributed by atoms with van der Waals surface area (Å²) in [5.74, 6) is -1.98. The molecule has 1 fully saturated rings. The third kappa shape index (κ3) is 4.84. The molecule has 2 aromatic carbocycles. The maximum atomic E-state index is 13.5. The van der Waals surface area contributed by atoms with Crippen molar-refractivity contribution in [1.29, 1.82) is 0 Å². The number of benzene rings is 2. The lowest BCUT2D eigenvalue weighted by atomic mass is 9.93. The fourth-order valence-electron chi connectivity index (χ4n) is 4.33. The van der Waals surface area contributed by atoms with E-state index in [0.29, 0.717) is 28.1 Å². The summed E-state index contributed by atoms with van der Waals surface area (Å²) in [5.41, 5.74) is 3.09. The summed E-state index contributed by atoms with van der Waals surface area (Å²) in [6, 6.07) is 11.6. The van der Waals surface area contributed by atoms with Crippen molar-refractivity contribution in [1.82, 2.24) is 4.98 Å². The molecule has 38 heavy (non-hydrogen) atoms. The van der Waals surface area contributed by atoms with Crippen LogP contribution in [0.15, 0.2) is 60.7 Å². The molecular weight excluding hydrogens is 504 g/mol. The van der Waals surface area contributed by atoms with Gasteiger partial charge in [-0.3, -0.25) is 14.5 Å². The number of nitrogens with zero attached hydrogens (tertiary/aromatic N) is 2. The number of rotatable bonds is 8. The topological polar surface area (TPSA) is 106 Å². The van der Waals surface area contributed by atoms with Crippen LogP contribution < -0.4 is 9.64 Å². The predicted octanol–water partition coefficient (Wildman–Crippen LogP) is 5.30. The molecule has 1 N–H and O–H groups in total. The first-order valence-corrected chi connectivity index (χ1v) is 12.8. The van der Waals surface area contributed by atoms with E-state index >= 15 is 0 Å². The minimum Gasteiger partial charge on any atom is -0.507 e. The molecule has 1 amide bonds. The average Bonchev–Trinajstić information content (AvgIpc) is 3.43. The number of thiazole rings is 1. The van der Waals surface area contributed by atoms with Crippen LogP contribution in [0.4, 0.5) is 5.13 Å². The van der Waals surface area contributed by atoms with Gasteiger partial charge in [-0.1, -0.05) is 55.2 Å². The molecular formula is C29H28N2O6S. The minimum absolute atomic E-state index is 0.0288. The largest absolute Gasteiger partial charge is 0.507 e. The fraction of sp³-hybridized carbons (Fsp3) is 0.241. The number of aliphatic hydroxyl groups excluding tert-OH is 1. The van der Waals surface area contributed by atoms with Crippen LogP contribution in [-0.2, 0) is 20.7 Å². The molecule has 196 valence electrons. The molecule has 1 aliphatic heterocycles. The number of methoxy groups -OCH3 is 1. The average molecular weight is 533 g/mol. The Hall–Kier alpha value is -4.24. The highest BCUT2D eigenvalue weighted by molar-refractivity contribution is 7.17. The molecule has 0 aliphatic carbocycles. The zero-order chi connectivity index (χ0) is 27.6. The molecule has 1 unspecified atom stereocenters. The van der Waals surface area contributed by atoms with Gasteiger partial charge in [0.2, 0.25) is 0 Å². The molecule has 0 radical (unpaired) electrons. The van der Waals surface area contributed by atoms with Crippen molar-refractivity contribution < 1.29 is 29.0 Å². The first-order chi connectivity index (χ1) is 18.2. The van der Waals surface area contributed by atoms with Gasteiger partial charge in [0, 0.05) is 5.56 Å². The number of carbonyl (C=O) groups excluding carboxylic acids is 3. The van der Waals surface area contributed by atoms with Gasteiger partial charge < -0.3 is 14.6 Å². The van der Waals surface area contributed by atoms with Crippen molar-refractivity contribution in [3.05, 3.63) is 93.5 Å². The maximum Gasteiger partial charge on any atom is 0.350 e. The summed E-state index contributed by atoms with van der Waals surface area (Å²) < 4.78 is 10.4. The van der Waals surface area contributed by atoms with Crippen molar-refractivity contribution in [2.45, 2.75) is 33.2 Å². The van der Waals surface area contributed by atoms with Gasteiger partial charge in [0.1, 0.15) is 23.0 Å². The third-order valence-corrected chi connectivity index (χ3v) is 7.48. The molecule has 4 rings (SSSR count). The Morgan fingerprint density at radius 3 is 2.50 bits per heavy atom. The van der Waals surface area contributed by atoms with E-state index in [-0.39, 0.29) is 27.9 Å². The van der Waals surface area contributed by atoms with Gasteiger partial charge in [0.05, 0.1) is 24.4 Å². The summed E-state index contributed by atoms with van der Waals surface area (Å²) in [5, 5.41) is 11.6. The monoisotopic (exact) mass is 532 g/mol. The summed E-state index contributed by atoms with van der Waals surface area (Å²) >= 11 is 0.957. The SMILES string of the molecule is C=CCOC(=O)c1sc(N2C(=O)C(=O)/C(=C(/O)c3ccc(OC)cc3C)C2c2ccc(CC)cc2)nc1C. The zero-order valence-corrected chi connectivity index (χ0v) is 22.4. The number of anilines is 1. The van der Waals surface area contributed by atoms with Crippen LogP contribution in [0.25, 0.3) is 5.76 Å². The highest BCUT2D eigenvalue weighted by Gasteiger charge is 2.48. The second kappa shape index (κ2) is 11.0. The maximum absolute atomic E-state index is 13.5. The molecule has 8 nitrogen and oxygen atoms in total. The van der Waals surface area contributed by atoms with Gasteiger partial charge in [-0.15, -0.1) is 0 Å². The summed E-state index contributed by atoms with van der Waals surface area (Å²) in [6.45, 7) is 9.01. The lowest BCUT2D eigenvalue weighted by Crippen LogP contribution is -2.29. The van der Waals surface area contributed by atoms with Gasteiger partial charge in [-0.2, -0.15) is 0 Å². The molecule has 0 spiro atoms. The Labute approximate surface area is 224 Å². The summed E-state index contributed by atoms with van der Waals surface area (Å²) in [6.07, 6.45) is 2.27. The number of Topliss-reactive ketones (excluding diaryl/α,β-unsaturated/α-hetero) is 1. The number of aryl methyl sites for hydroxylation is 3. The third-order valence-electron chi connectivity index (χ3n) is 6.35. The van der Waals surface area contributed by atoms with E-state index in [1.54, 1.807) is 32.0 Å². The second-order valence-electron chi connectivity index (χ2n) is 8.74. The normalized spacial score (nSPS) is 16.5. The molecule has 3 aromatic rings. The van der Waals surface area contributed by atoms with Crippen molar-refractivity contribution in [2.75, 3.05) is 18.6 Å². The number of aliphatic hydroxyl groups is 1. The minimum atomic E-state index is -0.954. The first kappa shape index (κ1) is 26.8. The standard InChI is InChI=1S/C29H28N2O6S/c1-6-14-37-28(35)26-17(4)30-29(38-26)31-23(19-10-8-18(7-2)9-11-19)22(25(33)27(31)34)24(32)21-13-12-20(36-5)15-16(21)3/h6,8-13,15,23,32H,1,7,14H2,2-5H3/b24-22+. The van der Waals surface area contributed by atoms with Gasteiger partial charge >= 0.3 is 11.9 Å². The Bertz CT molecular complexity index is 1450. The Morgan fingerprint density at radius 2 is 1.89 bits per heavy atom. The molecule has 2 heterocycles. The second-order valence-corrected chi connectivity index (χ2v) is 9.72. The zero-order valence-electron chi connectivity index (χ0n) is 21.6. The molecule has 1 saturated heterocycles. The van der Waals surface area contributed by atoms with Crippen LogP contribution in [0.1, 0.15) is 50.6 Å². The van der Waals surface area contributed by atoms with E-state index in [0.717, 1.165) is 23.3 Å². The number of ether oxygens (including phenoxy) is 2. The van der Waals surface area contributed by atoms with Crippen molar-refractivity contribution in [2.24, 2.45) is 0 Å². The number of amides is 1. The first-order valence-electron chi connectivity index (χ1n) is 12.0. The Morgan fingerprint density at radius 1 is 1.18 bits per heavy atom. The predicted molar refractivity (Wildman–Crippen MR) is 146 cm³/mol. The molecule has 1 aliphatic rings. The molecule has 9 heteroatoms. The number of hydrogen-bond donors (Lipinski definition) is 1. The summed E-state index contributed by atoms with van der Waals surface area (Å²) in [4.78, 5) is 45.4. The smallest absolute Gasteiger partial charge is 0.350 e. The van der Waals surface area contributed by atoms with Gasteiger partial charge in [-0.05, 0) is 55.2 Å². The van der Waals surface area contributed by atoms with Crippen molar-refractivity contribution >= 4 is 39.9 Å². The van der Waals surface area contributed by atoms with Gasteiger partial charge in [-0.25, -0.2) is 9.78 Å². The number of esters is 1. The Kier molecular flexibility index (Phi) is 7.78. The van der Waals surface area contributed by atoms with Crippen LogP contribution in [0.2, 0.25) is 0 Å². The van der Waals surface area contributed by atoms with E-state index in [1.807, 2.05) is 31.2 Å². The highest BCUT2D eigenvalue weighted by Crippen LogP contribution is 2.44. The van der Waals surface area contributed by atoms with Crippen LogP contribution in [0.5, 0.6) is 5.75 Å². The molecule has 1 atom stereocenters. The van der Waals surface area contributed by atoms with E-state index in [4.69, 9.17) is 9.47 Å². The van der Waals surface area contributed by atoms with Crippen LogP contribution in [0.3, 0.4) is 0 Å². The van der Waals surface area contributed by atoms with Crippen LogP contribution in [-0.4, -0.2) is 41.5 Å². The van der Waals surface area contributed by atoms with Crippen LogP contribution >= 0.6 is 11.3 Å². The fourth-order valence-corrected chi connectivity index (χ4v) is 5.32. The van der Waals surface area contributed by atoms with E-state index in [2.05, 4.69) is 11.6 Å². The lowest BCUT2D eigenvalue weighted by molar-refractivity contribution is -0.132.